The zero-order valence-electron chi connectivity index (χ0n) is 11.7. The number of nitrogens with zero attached hydrogens (tertiary/aromatic N) is 1. The van der Waals surface area contributed by atoms with Gasteiger partial charge in [-0.2, -0.15) is 0 Å². The fourth-order valence-electron chi connectivity index (χ4n) is 3.04. The predicted molar refractivity (Wildman–Crippen MR) is 87.1 cm³/mol. The second-order valence-electron chi connectivity index (χ2n) is 5.55. The Bertz CT molecular complexity index is 741. The van der Waals surface area contributed by atoms with Crippen LogP contribution >= 0.6 is 11.8 Å². The standard InChI is InChI=1S/C17H16N2OS/c1-10-3-2-4-12(7-10)20-13-5-6-14-11(8-13)9-15-16(14)19-17(18)21-15/h2-8,15-16H,9H2,1H3,(H2,18,19). The van der Waals surface area contributed by atoms with E-state index >= 15 is 0 Å². The minimum Gasteiger partial charge on any atom is -0.457 e. The normalized spacial score (nSPS) is 22.6. The number of benzene rings is 2. The number of nitrogens with two attached hydrogens (primary N) is 1. The molecule has 1 aliphatic heterocycles. The van der Waals surface area contributed by atoms with Gasteiger partial charge >= 0.3 is 0 Å². The lowest BCUT2D eigenvalue weighted by molar-refractivity contribution is 0.481. The van der Waals surface area contributed by atoms with Crippen LogP contribution in [0.25, 0.3) is 0 Å². The van der Waals surface area contributed by atoms with Gasteiger partial charge in [0.2, 0.25) is 0 Å². The monoisotopic (exact) mass is 296 g/mol. The summed E-state index contributed by atoms with van der Waals surface area (Å²) in [6, 6.07) is 14.6. The first kappa shape index (κ1) is 12.8. The Morgan fingerprint density at radius 3 is 2.90 bits per heavy atom. The third kappa shape index (κ3) is 2.29. The Morgan fingerprint density at radius 2 is 2.05 bits per heavy atom. The molecule has 2 aliphatic rings. The fourth-order valence-corrected chi connectivity index (χ4v) is 4.12. The molecule has 2 atom stereocenters. The van der Waals surface area contributed by atoms with Crippen molar-refractivity contribution >= 4 is 16.9 Å². The van der Waals surface area contributed by atoms with Crippen molar-refractivity contribution in [3.05, 3.63) is 59.2 Å². The van der Waals surface area contributed by atoms with Gasteiger partial charge in [0.1, 0.15) is 11.5 Å². The highest BCUT2D eigenvalue weighted by Crippen LogP contribution is 2.46. The summed E-state index contributed by atoms with van der Waals surface area (Å²) in [5.74, 6) is 1.77. The molecular formula is C17H16N2OS. The van der Waals surface area contributed by atoms with Crippen LogP contribution in [-0.2, 0) is 6.42 Å². The Hall–Kier alpha value is -1.94. The minimum atomic E-state index is 0.234. The molecular weight excluding hydrogens is 280 g/mol. The van der Waals surface area contributed by atoms with Crippen molar-refractivity contribution in [2.75, 3.05) is 0 Å². The first-order chi connectivity index (χ1) is 10.2. The number of rotatable bonds is 2. The van der Waals surface area contributed by atoms with Gasteiger partial charge in [-0.25, -0.2) is 0 Å². The summed E-state index contributed by atoms with van der Waals surface area (Å²) >= 11 is 1.69. The molecule has 2 N–H and O–H groups in total. The van der Waals surface area contributed by atoms with Gasteiger partial charge in [0.05, 0.1) is 6.04 Å². The molecule has 0 aromatic heterocycles. The molecule has 106 valence electrons. The average molecular weight is 296 g/mol. The number of hydrogen-bond donors (Lipinski definition) is 1. The molecule has 0 radical (unpaired) electrons. The predicted octanol–water partition coefficient (Wildman–Crippen LogP) is 3.81. The SMILES string of the molecule is Cc1cccc(Oc2ccc3c(c2)CC2SC(N)=NC32)c1. The highest BCUT2D eigenvalue weighted by atomic mass is 32.2. The van der Waals surface area contributed by atoms with Crippen LogP contribution in [0.1, 0.15) is 22.7 Å². The zero-order chi connectivity index (χ0) is 14.4. The lowest BCUT2D eigenvalue weighted by Crippen LogP contribution is -2.06. The lowest BCUT2D eigenvalue weighted by atomic mass is 10.1. The van der Waals surface area contributed by atoms with E-state index < -0.39 is 0 Å². The van der Waals surface area contributed by atoms with Crippen molar-refractivity contribution in [1.82, 2.24) is 0 Å². The van der Waals surface area contributed by atoms with Crippen LogP contribution < -0.4 is 10.5 Å². The third-order valence-electron chi connectivity index (χ3n) is 3.97. The third-order valence-corrected chi connectivity index (χ3v) is 5.04. The van der Waals surface area contributed by atoms with E-state index in [-0.39, 0.29) is 6.04 Å². The number of aryl methyl sites for hydroxylation is 1. The summed E-state index contributed by atoms with van der Waals surface area (Å²) in [5, 5.41) is 1.19. The maximum Gasteiger partial charge on any atom is 0.154 e. The second kappa shape index (κ2) is 4.81. The molecule has 2 unspecified atom stereocenters. The van der Waals surface area contributed by atoms with Crippen molar-refractivity contribution in [2.24, 2.45) is 10.7 Å². The summed E-state index contributed by atoms with van der Waals surface area (Å²) in [4.78, 5) is 4.53. The van der Waals surface area contributed by atoms with E-state index in [0.29, 0.717) is 5.25 Å². The first-order valence-corrected chi connectivity index (χ1v) is 7.94. The van der Waals surface area contributed by atoms with E-state index in [1.165, 1.54) is 16.7 Å². The summed E-state index contributed by atoms with van der Waals surface area (Å²) in [6.45, 7) is 2.07. The molecule has 21 heavy (non-hydrogen) atoms. The maximum atomic E-state index is 5.96. The van der Waals surface area contributed by atoms with Crippen molar-refractivity contribution in [2.45, 2.75) is 24.6 Å². The summed E-state index contributed by atoms with van der Waals surface area (Å²) in [5.41, 5.74) is 9.64. The second-order valence-corrected chi connectivity index (χ2v) is 6.81. The van der Waals surface area contributed by atoms with Gasteiger partial charge in [0, 0.05) is 5.25 Å². The molecule has 0 bridgehead atoms. The Morgan fingerprint density at radius 1 is 1.19 bits per heavy atom. The van der Waals surface area contributed by atoms with Crippen LogP contribution in [0, 0.1) is 6.92 Å². The zero-order valence-corrected chi connectivity index (χ0v) is 12.6. The van der Waals surface area contributed by atoms with Gasteiger partial charge in [-0.1, -0.05) is 30.0 Å². The van der Waals surface area contributed by atoms with Crippen molar-refractivity contribution in [3.63, 3.8) is 0 Å². The van der Waals surface area contributed by atoms with Gasteiger partial charge in [-0.15, -0.1) is 0 Å². The van der Waals surface area contributed by atoms with E-state index in [4.69, 9.17) is 10.5 Å². The fraction of sp³-hybridized carbons (Fsp3) is 0.235. The molecule has 1 heterocycles. The molecule has 3 nitrogen and oxygen atoms in total. The Labute approximate surface area is 128 Å². The van der Waals surface area contributed by atoms with E-state index in [9.17, 15) is 0 Å². The average Bonchev–Trinajstić information content (AvgIpc) is 2.94. The largest absolute Gasteiger partial charge is 0.457 e. The lowest BCUT2D eigenvalue weighted by Gasteiger charge is -2.09. The quantitative estimate of drug-likeness (QED) is 0.916. The number of ether oxygens (including phenoxy) is 1. The summed E-state index contributed by atoms with van der Waals surface area (Å²) in [7, 11) is 0. The van der Waals surface area contributed by atoms with E-state index in [1.807, 2.05) is 24.3 Å². The molecule has 2 aromatic rings. The molecule has 0 spiro atoms. The molecule has 0 fully saturated rings. The maximum absolute atomic E-state index is 5.96. The van der Waals surface area contributed by atoms with Crippen LogP contribution in [0.4, 0.5) is 0 Å². The molecule has 0 amide bonds. The van der Waals surface area contributed by atoms with Gasteiger partial charge in [-0.05, 0) is 54.3 Å². The molecule has 4 rings (SSSR count). The highest BCUT2D eigenvalue weighted by Gasteiger charge is 2.37. The van der Waals surface area contributed by atoms with Crippen LogP contribution in [0.15, 0.2) is 47.5 Å². The van der Waals surface area contributed by atoms with Crippen LogP contribution in [0.3, 0.4) is 0 Å². The van der Waals surface area contributed by atoms with Gasteiger partial charge in [-0.3, -0.25) is 4.99 Å². The first-order valence-electron chi connectivity index (χ1n) is 7.06. The van der Waals surface area contributed by atoms with Gasteiger partial charge in [0.15, 0.2) is 5.17 Å². The molecule has 2 aromatic carbocycles. The Kier molecular flexibility index (Phi) is 2.93. The number of fused-ring (bicyclic) bond motifs is 3. The number of amidine groups is 1. The molecule has 0 saturated heterocycles. The summed E-state index contributed by atoms with van der Waals surface area (Å²) in [6.07, 6.45) is 1.01. The number of aliphatic imine (C=N–C) groups is 1. The van der Waals surface area contributed by atoms with E-state index in [1.54, 1.807) is 11.8 Å². The van der Waals surface area contributed by atoms with Crippen molar-refractivity contribution < 1.29 is 4.74 Å². The van der Waals surface area contributed by atoms with Crippen molar-refractivity contribution in [1.29, 1.82) is 0 Å². The Balaban J connectivity index is 1.61. The molecule has 0 saturated carbocycles. The number of thioether (sulfide) groups is 1. The van der Waals surface area contributed by atoms with Crippen LogP contribution in [0.5, 0.6) is 11.5 Å². The topological polar surface area (TPSA) is 47.6 Å². The molecule has 1 aliphatic carbocycles. The van der Waals surface area contributed by atoms with Crippen LogP contribution in [-0.4, -0.2) is 10.4 Å². The van der Waals surface area contributed by atoms with E-state index in [2.05, 4.69) is 30.1 Å². The smallest absolute Gasteiger partial charge is 0.154 e. The van der Waals surface area contributed by atoms with Gasteiger partial charge < -0.3 is 10.5 Å². The number of hydrogen-bond acceptors (Lipinski definition) is 4. The van der Waals surface area contributed by atoms with Crippen molar-refractivity contribution in [3.8, 4) is 11.5 Å². The molecule has 4 heteroatoms. The van der Waals surface area contributed by atoms with E-state index in [0.717, 1.165) is 23.1 Å². The highest BCUT2D eigenvalue weighted by molar-refractivity contribution is 8.14. The van der Waals surface area contributed by atoms with Gasteiger partial charge in [0.25, 0.3) is 0 Å². The van der Waals surface area contributed by atoms with Crippen LogP contribution in [0.2, 0.25) is 0 Å². The summed E-state index contributed by atoms with van der Waals surface area (Å²) < 4.78 is 5.96. The minimum absolute atomic E-state index is 0.234.